The third-order valence-corrected chi connectivity index (χ3v) is 4.94. The average Bonchev–Trinajstić information content (AvgIpc) is 3.21. The Morgan fingerprint density at radius 2 is 1.95 bits per heavy atom. The lowest BCUT2D eigenvalue weighted by Crippen LogP contribution is -2.13. The summed E-state index contributed by atoms with van der Waals surface area (Å²) in [6, 6.07) is 10.7. The first-order valence-electron chi connectivity index (χ1n) is 7.97. The smallest absolute Gasteiger partial charge is 0.166 e. The minimum absolute atomic E-state index is 0.0781. The molecule has 2 aliphatic rings. The fourth-order valence-corrected chi connectivity index (χ4v) is 3.79. The molecule has 0 radical (unpaired) electrons. The summed E-state index contributed by atoms with van der Waals surface area (Å²) in [5, 5.41) is 4.72. The fourth-order valence-electron chi connectivity index (χ4n) is 3.79. The van der Waals surface area contributed by atoms with E-state index in [1.54, 1.807) is 0 Å². The maximum Gasteiger partial charge on any atom is 0.166 e. The highest BCUT2D eigenvalue weighted by atomic mass is 16.1. The van der Waals surface area contributed by atoms with Crippen LogP contribution in [0.1, 0.15) is 53.3 Å². The van der Waals surface area contributed by atoms with Crippen LogP contribution in [0.2, 0.25) is 0 Å². The summed E-state index contributed by atoms with van der Waals surface area (Å²) in [7, 11) is 0. The van der Waals surface area contributed by atoms with Crippen molar-refractivity contribution < 1.29 is 4.79 Å². The van der Waals surface area contributed by atoms with Crippen molar-refractivity contribution in [2.45, 2.75) is 44.6 Å². The lowest BCUT2D eigenvalue weighted by Gasteiger charge is -2.09. The maximum absolute atomic E-state index is 12.4. The first kappa shape index (κ1) is 12.8. The van der Waals surface area contributed by atoms with Crippen molar-refractivity contribution in [3.63, 3.8) is 0 Å². The molecule has 0 saturated heterocycles. The molecule has 4 rings (SSSR count). The molecule has 0 bridgehead atoms. The van der Waals surface area contributed by atoms with E-state index in [1.165, 1.54) is 31.2 Å². The SMILES string of the molecule is O=C1c2ccccc2CC1Cc1ccn(C2CCCC2)n1. The zero-order chi connectivity index (χ0) is 14.2. The van der Waals surface area contributed by atoms with Gasteiger partial charge in [-0.25, -0.2) is 0 Å². The molecule has 1 fully saturated rings. The second-order valence-electron chi connectivity index (χ2n) is 6.35. The first-order chi connectivity index (χ1) is 10.3. The van der Waals surface area contributed by atoms with Crippen molar-refractivity contribution >= 4 is 5.78 Å². The highest BCUT2D eigenvalue weighted by Gasteiger charge is 2.30. The normalized spacial score (nSPS) is 21.9. The molecule has 1 heterocycles. The number of Topliss-reactive ketones (excluding diaryl/α,β-unsaturated/α-hetero) is 1. The summed E-state index contributed by atoms with van der Waals surface area (Å²) < 4.78 is 2.12. The summed E-state index contributed by atoms with van der Waals surface area (Å²) in [5.41, 5.74) is 3.17. The van der Waals surface area contributed by atoms with Crippen molar-refractivity contribution in [2.75, 3.05) is 0 Å². The molecule has 108 valence electrons. The Morgan fingerprint density at radius 3 is 2.76 bits per heavy atom. The van der Waals surface area contributed by atoms with Gasteiger partial charge in [0.2, 0.25) is 0 Å². The zero-order valence-electron chi connectivity index (χ0n) is 12.2. The number of ketones is 1. The minimum atomic E-state index is 0.0781. The Hall–Kier alpha value is -1.90. The van der Waals surface area contributed by atoms with E-state index in [-0.39, 0.29) is 5.92 Å². The van der Waals surface area contributed by atoms with Gasteiger partial charge in [0.05, 0.1) is 11.7 Å². The minimum Gasteiger partial charge on any atom is -0.294 e. The monoisotopic (exact) mass is 280 g/mol. The van der Waals surface area contributed by atoms with Crippen LogP contribution in [0.15, 0.2) is 36.5 Å². The van der Waals surface area contributed by atoms with E-state index in [0.29, 0.717) is 11.8 Å². The van der Waals surface area contributed by atoms with Crippen molar-refractivity contribution in [1.82, 2.24) is 9.78 Å². The van der Waals surface area contributed by atoms with E-state index < -0.39 is 0 Å². The number of carbonyl (C=O) groups excluding carboxylic acids is 1. The summed E-state index contributed by atoms with van der Waals surface area (Å²) in [6.45, 7) is 0. The second kappa shape index (κ2) is 5.14. The molecule has 3 heteroatoms. The number of aromatic nitrogens is 2. The van der Waals surface area contributed by atoms with Crippen LogP contribution in [0.4, 0.5) is 0 Å². The molecule has 0 amide bonds. The van der Waals surface area contributed by atoms with Crippen LogP contribution in [0.25, 0.3) is 0 Å². The van der Waals surface area contributed by atoms with Gasteiger partial charge in [0.15, 0.2) is 5.78 Å². The molecule has 0 N–H and O–H groups in total. The van der Waals surface area contributed by atoms with Gasteiger partial charge in [0.25, 0.3) is 0 Å². The summed E-state index contributed by atoms with van der Waals surface area (Å²) in [6.07, 6.45) is 8.85. The van der Waals surface area contributed by atoms with Crippen LogP contribution in [0, 0.1) is 5.92 Å². The molecule has 1 unspecified atom stereocenters. The summed E-state index contributed by atoms with van der Waals surface area (Å²) >= 11 is 0. The van der Waals surface area contributed by atoms with Crippen molar-refractivity contribution in [1.29, 1.82) is 0 Å². The van der Waals surface area contributed by atoms with Gasteiger partial charge in [-0.1, -0.05) is 37.1 Å². The maximum atomic E-state index is 12.4. The number of hydrogen-bond acceptors (Lipinski definition) is 2. The quantitative estimate of drug-likeness (QED) is 0.861. The van der Waals surface area contributed by atoms with E-state index in [1.807, 2.05) is 18.2 Å². The topological polar surface area (TPSA) is 34.9 Å². The van der Waals surface area contributed by atoms with E-state index >= 15 is 0 Å². The van der Waals surface area contributed by atoms with Crippen LogP contribution in [0.3, 0.4) is 0 Å². The predicted molar refractivity (Wildman–Crippen MR) is 81.4 cm³/mol. The molecule has 1 aromatic heterocycles. The van der Waals surface area contributed by atoms with Gasteiger partial charge in [0, 0.05) is 24.1 Å². The van der Waals surface area contributed by atoms with Gasteiger partial charge in [0.1, 0.15) is 0 Å². The van der Waals surface area contributed by atoms with Crippen LogP contribution < -0.4 is 0 Å². The van der Waals surface area contributed by atoms with Crippen molar-refractivity contribution in [3.8, 4) is 0 Å². The largest absolute Gasteiger partial charge is 0.294 e. The van der Waals surface area contributed by atoms with Crippen LogP contribution in [0.5, 0.6) is 0 Å². The number of benzene rings is 1. The van der Waals surface area contributed by atoms with Gasteiger partial charge in [-0.15, -0.1) is 0 Å². The molecule has 1 aromatic carbocycles. The molecular formula is C18H20N2O. The number of carbonyl (C=O) groups is 1. The number of fused-ring (bicyclic) bond motifs is 1. The Balaban J connectivity index is 1.49. The molecular weight excluding hydrogens is 260 g/mol. The second-order valence-corrected chi connectivity index (χ2v) is 6.35. The van der Waals surface area contributed by atoms with E-state index in [0.717, 1.165) is 24.1 Å². The third kappa shape index (κ3) is 2.31. The Morgan fingerprint density at radius 1 is 1.14 bits per heavy atom. The highest BCUT2D eigenvalue weighted by Crippen LogP contribution is 2.31. The third-order valence-electron chi connectivity index (χ3n) is 4.94. The van der Waals surface area contributed by atoms with Crippen molar-refractivity contribution in [2.24, 2.45) is 5.92 Å². The Labute approximate surface area is 125 Å². The van der Waals surface area contributed by atoms with Gasteiger partial charge < -0.3 is 0 Å². The Kier molecular flexibility index (Phi) is 3.13. The number of nitrogens with zero attached hydrogens (tertiary/aromatic N) is 2. The fraction of sp³-hybridized carbons (Fsp3) is 0.444. The first-order valence-corrected chi connectivity index (χ1v) is 7.97. The molecule has 2 aromatic rings. The molecule has 0 spiro atoms. The molecule has 1 atom stereocenters. The standard InChI is InChI=1S/C18H20N2O/c21-18-14(11-13-5-1-4-8-17(13)18)12-15-9-10-20(19-15)16-6-2-3-7-16/h1,4-5,8-10,14,16H,2-3,6-7,11-12H2. The molecule has 2 aliphatic carbocycles. The van der Waals surface area contributed by atoms with Gasteiger partial charge >= 0.3 is 0 Å². The van der Waals surface area contributed by atoms with Crippen LogP contribution in [-0.2, 0) is 12.8 Å². The molecule has 21 heavy (non-hydrogen) atoms. The average molecular weight is 280 g/mol. The van der Waals surface area contributed by atoms with Crippen LogP contribution in [-0.4, -0.2) is 15.6 Å². The predicted octanol–water partition coefficient (Wildman–Crippen LogP) is 3.60. The highest BCUT2D eigenvalue weighted by molar-refractivity contribution is 6.02. The number of hydrogen-bond donors (Lipinski definition) is 0. The van der Waals surface area contributed by atoms with E-state index in [9.17, 15) is 4.79 Å². The summed E-state index contributed by atoms with van der Waals surface area (Å²) in [5.74, 6) is 0.371. The number of rotatable bonds is 3. The Bertz CT molecular complexity index is 667. The summed E-state index contributed by atoms with van der Waals surface area (Å²) in [4.78, 5) is 12.4. The van der Waals surface area contributed by atoms with Crippen molar-refractivity contribution in [3.05, 3.63) is 53.3 Å². The van der Waals surface area contributed by atoms with Gasteiger partial charge in [-0.05, 0) is 30.9 Å². The van der Waals surface area contributed by atoms with Crippen LogP contribution >= 0.6 is 0 Å². The zero-order valence-corrected chi connectivity index (χ0v) is 12.2. The van der Waals surface area contributed by atoms with E-state index in [2.05, 4.69) is 23.0 Å². The van der Waals surface area contributed by atoms with E-state index in [4.69, 9.17) is 5.10 Å². The molecule has 0 aliphatic heterocycles. The van der Waals surface area contributed by atoms with Gasteiger partial charge in [-0.3, -0.25) is 9.48 Å². The molecule has 3 nitrogen and oxygen atoms in total. The molecule has 1 saturated carbocycles. The lowest BCUT2D eigenvalue weighted by molar-refractivity contribution is 0.0935. The van der Waals surface area contributed by atoms with Gasteiger partial charge in [-0.2, -0.15) is 5.10 Å². The lowest BCUT2D eigenvalue weighted by atomic mass is 9.99.